The molecule has 1 amide bonds. The molecule has 0 aliphatic carbocycles. The van der Waals surface area contributed by atoms with Crippen molar-refractivity contribution in [1.82, 2.24) is 4.90 Å². The molecule has 0 N–H and O–H groups in total. The summed E-state index contributed by atoms with van der Waals surface area (Å²) < 4.78 is 0. The molecule has 1 saturated heterocycles. The number of ketones is 1. The fourth-order valence-corrected chi connectivity index (χ4v) is 4.48. The second kappa shape index (κ2) is 8.04. The summed E-state index contributed by atoms with van der Waals surface area (Å²) in [7, 11) is 0. The Morgan fingerprint density at radius 2 is 1.69 bits per heavy atom. The molecule has 1 aromatic heterocycles. The number of para-hydroxylation sites is 1. The monoisotopic (exact) mass is 370 g/mol. The first-order valence-corrected chi connectivity index (χ1v) is 9.96. The van der Waals surface area contributed by atoms with Crippen LogP contribution in [-0.4, -0.2) is 42.8 Å². The van der Waals surface area contributed by atoms with E-state index in [-0.39, 0.29) is 11.7 Å². The lowest BCUT2D eigenvalue weighted by molar-refractivity contribution is -0.131. The lowest BCUT2D eigenvalue weighted by atomic mass is 10.1. The smallest absolute Gasteiger partial charge is 0.223 e. The Kier molecular flexibility index (Phi) is 5.77. The van der Waals surface area contributed by atoms with Gasteiger partial charge in [-0.25, -0.2) is 0 Å². The molecule has 0 radical (unpaired) electrons. The Bertz CT molecular complexity index is 804. The number of hydrogen-bond acceptors (Lipinski definition) is 4. The van der Waals surface area contributed by atoms with Crippen LogP contribution in [0.5, 0.6) is 0 Å². The van der Waals surface area contributed by atoms with Gasteiger partial charge in [-0.3, -0.25) is 9.59 Å². The first-order chi connectivity index (χ1) is 12.5. The SMILES string of the molecule is Cc1cc(C(=O)CCC(=O)N2CCN(c3ccccc3C)CC2)c(C)s1. The van der Waals surface area contributed by atoms with E-state index in [0.29, 0.717) is 12.8 Å². The molecule has 3 rings (SSSR count). The first kappa shape index (κ1) is 18.6. The van der Waals surface area contributed by atoms with Gasteiger partial charge in [-0.05, 0) is 38.5 Å². The summed E-state index contributed by atoms with van der Waals surface area (Å²) in [5.41, 5.74) is 3.29. The number of hydrogen-bond donors (Lipinski definition) is 0. The highest BCUT2D eigenvalue weighted by Crippen LogP contribution is 2.23. The Morgan fingerprint density at radius 3 is 2.31 bits per heavy atom. The van der Waals surface area contributed by atoms with Crippen molar-refractivity contribution in [1.29, 1.82) is 0 Å². The number of aryl methyl sites for hydroxylation is 3. The highest BCUT2D eigenvalue weighted by Gasteiger charge is 2.23. The van der Waals surface area contributed by atoms with Crippen molar-refractivity contribution in [2.45, 2.75) is 33.6 Å². The van der Waals surface area contributed by atoms with Crippen molar-refractivity contribution in [3.8, 4) is 0 Å². The Morgan fingerprint density at radius 1 is 1.00 bits per heavy atom. The molecule has 0 bridgehead atoms. The topological polar surface area (TPSA) is 40.6 Å². The summed E-state index contributed by atoms with van der Waals surface area (Å²) in [6.07, 6.45) is 0.603. The molecule has 138 valence electrons. The number of thiophene rings is 1. The number of carbonyl (C=O) groups is 2. The summed E-state index contributed by atoms with van der Waals surface area (Å²) in [5.74, 6) is 0.172. The van der Waals surface area contributed by atoms with Gasteiger partial charge < -0.3 is 9.80 Å². The van der Waals surface area contributed by atoms with Crippen LogP contribution in [0.3, 0.4) is 0 Å². The third-order valence-electron chi connectivity index (χ3n) is 5.00. The van der Waals surface area contributed by atoms with Gasteiger partial charge in [0.25, 0.3) is 0 Å². The van der Waals surface area contributed by atoms with Crippen LogP contribution in [-0.2, 0) is 4.79 Å². The molecule has 26 heavy (non-hydrogen) atoms. The number of benzene rings is 1. The van der Waals surface area contributed by atoms with E-state index in [1.165, 1.54) is 11.3 Å². The summed E-state index contributed by atoms with van der Waals surface area (Å²) in [4.78, 5) is 31.3. The van der Waals surface area contributed by atoms with Gasteiger partial charge in [0.15, 0.2) is 5.78 Å². The highest BCUT2D eigenvalue weighted by molar-refractivity contribution is 7.12. The average Bonchev–Trinajstić information content (AvgIpc) is 2.98. The van der Waals surface area contributed by atoms with Gasteiger partial charge in [-0.15, -0.1) is 11.3 Å². The maximum atomic E-state index is 12.5. The van der Waals surface area contributed by atoms with Gasteiger partial charge in [0, 0.05) is 60.0 Å². The average molecular weight is 371 g/mol. The summed E-state index contributed by atoms with van der Waals surface area (Å²) in [6.45, 7) is 9.22. The van der Waals surface area contributed by atoms with Crippen LogP contribution in [0.4, 0.5) is 5.69 Å². The first-order valence-electron chi connectivity index (χ1n) is 9.14. The molecule has 0 unspecified atom stereocenters. The van der Waals surface area contributed by atoms with Crippen molar-refractivity contribution in [3.05, 3.63) is 51.2 Å². The second-order valence-corrected chi connectivity index (χ2v) is 8.36. The van der Waals surface area contributed by atoms with Gasteiger partial charge in [0.1, 0.15) is 0 Å². The molecular formula is C21H26N2O2S. The third-order valence-corrected chi connectivity index (χ3v) is 5.96. The Balaban J connectivity index is 1.50. The normalized spacial score (nSPS) is 14.6. The van der Waals surface area contributed by atoms with E-state index in [1.807, 2.05) is 30.9 Å². The van der Waals surface area contributed by atoms with E-state index in [1.54, 1.807) is 11.3 Å². The van der Waals surface area contributed by atoms with Crippen molar-refractivity contribution < 1.29 is 9.59 Å². The van der Waals surface area contributed by atoms with Crippen molar-refractivity contribution >= 4 is 28.7 Å². The van der Waals surface area contributed by atoms with Crippen LogP contribution < -0.4 is 4.90 Å². The van der Waals surface area contributed by atoms with Crippen LogP contribution in [0, 0.1) is 20.8 Å². The molecule has 1 fully saturated rings. The molecule has 2 aromatic rings. The number of anilines is 1. The van der Waals surface area contributed by atoms with Gasteiger partial charge in [-0.1, -0.05) is 18.2 Å². The minimum Gasteiger partial charge on any atom is -0.368 e. The number of amides is 1. The molecule has 1 aromatic carbocycles. The standard InChI is InChI=1S/C21H26N2O2S/c1-15-6-4-5-7-19(15)22-10-12-23(13-11-22)21(25)9-8-20(24)18-14-16(2)26-17(18)3/h4-7,14H,8-13H2,1-3H3. The molecule has 1 aliphatic rings. The van der Waals surface area contributed by atoms with Crippen LogP contribution in [0.1, 0.15) is 38.5 Å². The zero-order valence-corrected chi connectivity index (χ0v) is 16.6. The van der Waals surface area contributed by atoms with Crippen LogP contribution in [0.15, 0.2) is 30.3 Å². The predicted molar refractivity (Wildman–Crippen MR) is 107 cm³/mol. The predicted octanol–water partition coefficient (Wildman–Crippen LogP) is 3.99. The fourth-order valence-electron chi connectivity index (χ4n) is 3.54. The molecule has 0 spiro atoms. The third kappa shape index (κ3) is 4.15. The van der Waals surface area contributed by atoms with E-state index in [9.17, 15) is 9.59 Å². The molecular weight excluding hydrogens is 344 g/mol. The molecule has 4 nitrogen and oxygen atoms in total. The zero-order valence-electron chi connectivity index (χ0n) is 15.7. The maximum Gasteiger partial charge on any atom is 0.223 e. The van der Waals surface area contributed by atoms with E-state index < -0.39 is 0 Å². The van der Waals surface area contributed by atoms with Gasteiger partial charge in [-0.2, -0.15) is 0 Å². The molecule has 2 heterocycles. The maximum absolute atomic E-state index is 12.5. The Hall–Kier alpha value is -2.14. The molecule has 0 atom stereocenters. The highest BCUT2D eigenvalue weighted by atomic mass is 32.1. The van der Waals surface area contributed by atoms with Crippen LogP contribution >= 0.6 is 11.3 Å². The minimum atomic E-state index is 0.0822. The number of Topliss-reactive ketones (excluding diaryl/α,β-unsaturated/α-hetero) is 1. The van der Waals surface area contributed by atoms with Gasteiger partial charge >= 0.3 is 0 Å². The van der Waals surface area contributed by atoms with E-state index in [2.05, 4.69) is 30.0 Å². The molecule has 0 saturated carbocycles. The number of nitrogens with zero attached hydrogens (tertiary/aromatic N) is 2. The van der Waals surface area contributed by atoms with Crippen LogP contribution in [0.25, 0.3) is 0 Å². The zero-order chi connectivity index (χ0) is 18.7. The number of carbonyl (C=O) groups excluding carboxylic acids is 2. The van der Waals surface area contributed by atoms with Crippen LogP contribution in [0.2, 0.25) is 0 Å². The van der Waals surface area contributed by atoms with Gasteiger partial charge in [0.05, 0.1) is 0 Å². The lowest BCUT2D eigenvalue weighted by Gasteiger charge is -2.36. The summed E-state index contributed by atoms with van der Waals surface area (Å²) >= 11 is 1.64. The lowest BCUT2D eigenvalue weighted by Crippen LogP contribution is -2.49. The van der Waals surface area contributed by atoms with E-state index in [0.717, 1.165) is 41.5 Å². The summed E-state index contributed by atoms with van der Waals surface area (Å²) in [6, 6.07) is 10.3. The molecule has 1 aliphatic heterocycles. The quantitative estimate of drug-likeness (QED) is 0.748. The van der Waals surface area contributed by atoms with E-state index >= 15 is 0 Å². The number of piperazine rings is 1. The summed E-state index contributed by atoms with van der Waals surface area (Å²) in [5, 5.41) is 0. The van der Waals surface area contributed by atoms with E-state index in [4.69, 9.17) is 0 Å². The largest absolute Gasteiger partial charge is 0.368 e. The minimum absolute atomic E-state index is 0.0822. The van der Waals surface area contributed by atoms with Gasteiger partial charge in [0.2, 0.25) is 5.91 Å². The molecule has 5 heteroatoms. The Labute approximate surface area is 159 Å². The van der Waals surface area contributed by atoms with Crippen molar-refractivity contribution in [3.63, 3.8) is 0 Å². The second-order valence-electron chi connectivity index (χ2n) is 6.90. The number of rotatable bonds is 5. The van der Waals surface area contributed by atoms with Crippen molar-refractivity contribution in [2.75, 3.05) is 31.1 Å². The van der Waals surface area contributed by atoms with Crippen molar-refractivity contribution in [2.24, 2.45) is 0 Å². The fraction of sp³-hybridized carbons (Fsp3) is 0.429.